The molecule has 2 unspecified atom stereocenters. The first kappa shape index (κ1) is 15.1. The molecule has 2 rings (SSSR count). The lowest BCUT2D eigenvalue weighted by molar-refractivity contribution is -0.116. The van der Waals surface area contributed by atoms with Crippen LogP contribution in [0.3, 0.4) is 0 Å². The molecule has 0 aromatic heterocycles. The Kier molecular flexibility index (Phi) is 5.68. The Morgan fingerprint density at radius 2 is 2.15 bits per heavy atom. The predicted molar refractivity (Wildman–Crippen MR) is 83.6 cm³/mol. The van der Waals surface area contributed by atoms with Crippen LogP contribution in [0.2, 0.25) is 0 Å². The molecule has 0 radical (unpaired) electrons. The van der Waals surface area contributed by atoms with Gasteiger partial charge in [0.2, 0.25) is 5.91 Å². The predicted octanol–water partition coefficient (Wildman–Crippen LogP) is 2.70. The van der Waals surface area contributed by atoms with Crippen LogP contribution in [0.4, 0.5) is 0 Å². The average molecular weight is 291 g/mol. The van der Waals surface area contributed by atoms with Crippen LogP contribution in [0, 0.1) is 5.92 Å². The summed E-state index contributed by atoms with van der Waals surface area (Å²) >= 11 is 1.70. The van der Waals surface area contributed by atoms with E-state index in [9.17, 15) is 9.90 Å². The van der Waals surface area contributed by atoms with E-state index in [0.29, 0.717) is 6.54 Å². The summed E-state index contributed by atoms with van der Waals surface area (Å²) in [5, 5.41) is 12.5. The molecular weight excluding hydrogens is 270 g/mol. The van der Waals surface area contributed by atoms with Crippen LogP contribution < -0.4 is 5.32 Å². The maximum absolute atomic E-state index is 11.7. The van der Waals surface area contributed by atoms with Gasteiger partial charge in [0.15, 0.2) is 0 Å². The van der Waals surface area contributed by atoms with Gasteiger partial charge < -0.3 is 10.4 Å². The van der Waals surface area contributed by atoms with Crippen molar-refractivity contribution in [1.29, 1.82) is 0 Å². The highest BCUT2D eigenvalue weighted by molar-refractivity contribution is 7.98. The van der Waals surface area contributed by atoms with Gasteiger partial charge in [-0.15, -0.1) is 11.8 Å². The topological polar surface area (TPSA) is 49.3 Å². The minimum atomic E-state index is -0.252. The molecule has 1 aliphatic rings. The number of thioether (sulfide) groups is 1. The number of amides is 1. The number of nitrogens with one attached hydrogen (secondary N) is 1. The largest absolute Gasteiger partial charge is 0.393 e. The summed E-state index contributed by atoms with van der Waals surface area (Å²) in [6, 6.07) is 8.07. The fraction of sp³-hybridized carbons (Fsp3) is 0.438. The van der Waals surface area contributed by atoms with Crippen LogP contribution >= 0.6 is 11.8 Å². The SMILES string of the molecule is CSc1ccc(C=CC(=O)NCC2CCCC2O)cc1. The molecule has 0 bridgehead atoms. The highest BCUT2D eigenvalue weighted by atomic mass is 32.2. The number of aliphatic hydroxyl groups is 1. The zero-order chi connectivity index (χ0) is 14.4. The lowest BCUT2D eigenvalue weighted by Crippen LogP contribution is -2.31. The molecule has 20 heavy (non-hydrogen) atoms. The number of rotatable bonds is 5. The molecule has 2 atom stereocenters. The summed E-state index contributed by atoms with van der Waals surface area (Å²) in [5.41, 5.74) is 1.01. The number of benzene rings is 1. The lowest BCUT2D eigenvalue weighted by Gasteiger charge is -2.13. The van der Waals surface area contributed by atoms with Crippen molar-refractivity contribution in [1.82, 2.24) is 5.32 Å². The Morgan fingerprint density at radius 3 is 2.75 bits per heavy atom. The summed E-state index contributed by atoms with van der Waals surface area (Å²) in [4.78, 5) is 12.9. The first-order chi connectivity index (χ1) is 9.69. The quantitative estimate of drug-likeness (QED) is 0.648. The first-order valence-corrected chi connectivity index (χ1v) is 8.19. The van der Waals surface area contributed by atoms with E-state index in [1.54, 1.807) is 17.8 Å². The van der Waals surface area contributed by atoms with Gasteiger partial charge in [0.25, 0.3) is 0 Å². The molecule has 4 heteroatoms. The zero-order valence-electron chi connectivity index (χ0n) is 11.7. The van der Waals surface area contributed by atoms with Crippen molar-refractivity contribution in [3.05, 3.63) is 35.9 Å². The van der Waals surface area contributed by atoms with Crippen LogP contribution in [0.1, 0.15) is 24.8 Å². The van der Waals surface area contributed by atoms with Crippen LogP contribution in [-0.2, 0) is 4.79 Å². The highest BCUT2D eigenvalue weighted by Gasteiger charge is 2.24. The monoisotopic (exact) mass is 291 g/mol. The standard InChI is InChI=1S/C16H21NO2S/c1-20-14-8-5-12(6-9-14)7-10-16(19)17-11-13-3-2-4-15(13)18/h5-10,13,15,18H,2-4,11H2,1H3,(H,17,19). The molecule has 1 saturated carbocycles. The van der Waals surface area contributed by atoms with Crippen LogP contribution in [-0.4, -0.2) is 29.9 Å². The van der Waals surface area contributed by atoms with E-state index >= 15 is 0 Å². The van der Waals surface area contributed by atoms with E-state index in [4.69, 9.17) is 0 Å². The van der Waals surface area contributed by atoms with Crippen molar-refractivity contribution in [2.75, 3.05) is 12.8 Å². The van der Waals surface area contributed by atoms with Gasteiger partial charge in [-0.3, -0.25) is 4.79 Å². The minimum absolute atomic E-state index is 0.0990. The summed E-state index contributed by atoms with van der Waals surface area (Å²) in [7, 11) is 0. The smallest absolute Gasteiger partial charge is 0.244 e. The zero-order valence-corrected chi connectivity index (χ0v) is 12.5. The lowest BCUT2D eigenvalue weighted by atomic mass is 10.1. The van der Waals surface area contributed by atoms with Gasteiger partial charge in [-0.2, -0.15) is 0 Å². The Balaban J connectivity index is 1.79. The third-order valence-corrected chi connectivity index (χ3v) is 4.44. The van der Waals surface area contributed by atoms with E-state index in [1.807, 2.05) is 36.6 Å². The average Bonchev–Trinajstić information content (AvgIpc) is 2.89. The van der Waals surface area contributed by atoms with Crippen LogP contribution in [0.5, 0.6) is 0 Å². The van der Waals surface area contributed by atoms with Crippen molar-refractivity contribution in [3.63, 3.8) is 0 Å². The van der Waals surface area contributed by atoms with Crippen molar-refractivity contribution in [2.24, 2.45) is 5.92 Å². The molecule has 0 aliphatic heterocycles. The molecule has 0 saturated heterocycles. The van der Waals surface area contributed by atoms with E-state index in [-0.39, 0.29) is 17.9 Å². The van der Waals surface area contributed by atoms with Gasteiger partial charge in [-0.05, 0) is 42.9 Å². The van der Waals surface area contributed by atoms with Gasteiger partial charge in [0.05, 0.1) is 6.10 Å². The molecule has 3 nitrogen and oxygen atoms in total. The number of aliphatic hydroxyl groups excluding tert-OH is 1. The van der Waals surface area contributed by atoms with Gasteiger partial charge in [0.1, 0.15) is 0 Å². The number of carbonyl (C=O) groups excluding carboxylic acids is 1. The normalized spacial score (nSPS) is 22.3. The minimum Gasteiger partial charge on any atom is -0.393 e. The Labute approximate surface area is 124 Å². The maximum atomic E-state index is 11.7. The molecule has 1 fully saturated rings. The second-order valence-corrected chi connectivity index (χ2v) is 5.99. The highest BCUT2D eigenvalue weighted by Crippen LogP contribution is 2.24. The van der Waals surface area contributed by atoms with E-state index in [0.717, 1.165) is 24.8 Å². The number of hydrogen-bond acceptors (Lipinski definition) is 3. The molecule has 1 aromatic carbocycles. The molecule has 0 heterocycles. The molecule has 0 spiro atoms. The third kappa shape index (κ3) is 4.39. The Morgan fingerprint density at radius 1 is 1.40 bits per heavy atom. The molecule has 1 amide bonds. The number of hydrogen-bond donors (Lipinski definition) is 2. The van der Waals surface area contributed by atoms with Gasteiger partial charge in [0, 0.05) is 23.4 Å². The van der Waals surface area contributed by atoms with E-state index in [1.165, 1.54) is 4.90 Å². The summed E-state index contributed by atoms with van der Waals surface area (Å²) < 4.78 is 0. The summed E-state index contributed by atoms with van der Waals surface area (Å²) in [6.45, 7) is 0.565. The number of carbonyl (C=O) groups is 1. The van der Waals surface area contributed by atoms with Gasteiger partial charge >= 0.3 is 0 Å². The Bertz CT molecular complexity index is 470. The second-order valence-electron chi connectivity index (χ2n) is 5.11. The van der Waals surface area contributed by atoms with Crippen LogP contribution in [0.25, 0.3) is 6.08 Å². The molecule has 1 aliphatic carbocycles. The second kappa shape index (κ2) is 7.50. The molecule has 2 N–H and O–H groups in total. The fourth-order valence-electron chi connectivity index (χ4n) is 2.43. The Hall–Kier alpha value is -1.26. The van der Waals surface area contributed by atoms with Crippen LogP contribution in [0.15, 0.2) is 35.2 Å². The fourth-order valence-corrected chi connectivity index (χ4v) is 2.84. The van der Waals surface area contributed by atoms with Crippen molar-refractivity contribution >= 4 is 23.7 Å². The molecule has 1 aromatic rings. The van der Waals surface area contributed by atoms with Crippen molar-refractivity contribution in [2.45, 2.75) is 30.3 Å². The summed E-state index contributed by atoms with van der Waals surface area (Å²) in [5.74, 6) is 0.117. The van der Waals surface area contributed by atoms with E-state index in [2.05, 4.69) is 5.32 Å². The first-order valence-electron chi connectivity index (χ1n) is 6.97. The van der Waals surface area contributed by atoms with Gasteiger partial charge in [-0.25, -0.2) is 0 Å². The summed E-state index contributed by atoms with van der Waals surface area (Å²) in [6.07, 6.45) is 8.06. The van der Waals surface area contributed by atoms with Crippen molar-refractivity contribution in [3.8, 4) is 0 Å². The van der Waals surface area contributed by atoms with Gasteiger partial charge in [-0.1, -0.05) is 18.6 Å². The van der Waals surface area contributed by atoms with Crippen molar-refractivity contribution < 1.29 is 9.90 Å². The third-order valence-electron chi connectivity index (χ3n) is 3.70. The van der Waals surface area contributed by atoms with E-state index < -0.39 is 0 Å². The molecular formula is C16H21NO2S. The maximum Gasteiger partial charge on any atom is 0.244 e. The molecule has 108 valence electrons.